The molecule has 0 spiro atoms. The van der Waals surface area contributed by atoms with Crippen LogP contribution in [-0.2, 0) is 6.42 Å². The Morgan fingerprint density at radius 1 is 1.12 bits per heavy atom. The van der Waals surface area contributed by atoms with Crippen molar-refractivity contribution < 1.29 is 4.52 Å². The van der Waals surface area contributed by atoms with Gasteiger partial charge in [0.05, 0.1) is 11.9 Å². The van der Waals surface area contributed by atoms with Gasteiger partial charge in [0.1, 0.15) is 5.76 Å². The average Bonchev–Trinajstić information content (AvgIpc) is 3.02. The highest BCUT2D eigenvalue weighted by atomic mass is 79.9. The number of halogens is 1. The Morgan fingerprint density at radius 2 is 1.92 bits per heavy atom. The first-order valence-electron chi connectivity index (χ1n) is 7.99. The van der Waals surface area contributed by atoms with E-state index in [0.29, 0.717) is 0 Å². The van der Waals surface area contributed by atoms with Crippen molar-refractivity contribution in [1.82, 2.24) is 15.5 Å². The van der Waals surface area contributed by atoms with Crippen LogP contribution >= 0.6 is 15.9 Å². The molecule has 24 heavy (non-hydrogen) atoms. The lowest BCUT2D eigenvalue weighted by Gasteiger charge is -2.13. The van der Waals surface area contributed by atoms with E-state index < -0.39 is 0 Å². The molecule has 2 aromatic heterocycles. The molecule has 0 radical (unpaired) electrons. The summed E-state index contributed by atoms with van der Waals surface area (Å²) in [6.45, 7) is 4.97. The minimum atomic E-state index is 0.233. The molecule has 0 unspecified atom stereocenters. The van der Waals surface area contributed by atoms with Gasteiger partial charge in [-0.25, -0.2) is 0 Å². The molecule has 1 N–H and O–H groups in total. The average molecular weight is 386 g/mol. The van der Waals surface area contributed by atoms with Crippen LogP contribution in [0.25, 0.3) is 11.1 Å². The van der Waals surface area contributed by atoms with Crippen LogP contribution in [0, 0.1) is 6.92 Å². The molecule has 5 heteroatoms. The first-order chi connectivity index (χ1) is 11.6. The van der Waals surface area contributed by atoms with Crippen molar-refractivity contribution >= 4 is 15.9 Å². The van der Waals surface area contributed by atoms with Crippen molar-refractivity contribution in [3.05, 3.63) is 70.3 Å². The number of hydrogen-bond donors (Lipinski definition) is 1. The predicted octanol–water partition coefficient (Wildman–Crippen LogP) is 4.70. The highest BCUT2D eigenvalue weighted by molar-refractivity contribution is 9.10. The summed E-state index contributed by atoms with van der Waals surface area (Å²) in [5.74, 6) is 0.847. The van der Waals surface area contributed by atoms with E-state index in [2.05, 4.69) is 62.6 Å². The Kier molecular flexibility index (Phi) is 5.43. The van der Waals surface area contributed by atoms with Gasteiger partial charge in [-0.2, -0.15) is 0 Å². The molecule has 0 amide bonds. The zero-order valence-electron chi connectivity index (χ0n) is 13.8. The quantitative estimate of drug-likeness (QED) is 0.667. The van der Waals surface area contributed by atoms with E-state index in [9.17, 15) is 0 Å². The van der Waals surface area contributed by atoms with Gasteiger partial charge in [0, 0.05) is 22.3 Å². The molecule has 3 aromatic rings. The summed E-state index contributed by atoms with van der Waals surface area (Å²) in [6.07, 6.45) is 4.57. The van der Waals surface area contributed by atoms with Gasteiger partial charge >= 0.3 is 0 Å². The van der Waals surface area contributed by atoms with E-state index >= 15 is 0 Å². The maximum atomic E-state index is 5.12. The van der Waals surface area contributed by atoms with Gasteiger partial charge in [-0.1, -0.05) is 29.4 Å². The van der Waals surface area contributed by atoms with Crippen LogP contribution in [0.15, 0.2) is 57.8 Å². The SMILES string of the molecule is Cc1oncc1-c1ccc(CCN[C@H](C)c2ccc(Br)cn2)cc1. The Bertz CT molecular complexity index is 781. The van der Waals surface area contributed by atoms with E-state index in [-0.39, 0.29) is 6.04 Å². The second-order valence-corrected chi connectivity index (χ2v) is 6.74. The topological polar surface area (TPSA) is 51.0 Å². The van der Waals surface area contributed by atoms with Crippen LogP contribution in [0.2, 0.25) is 0 Å². The molecule has 0 saturated carbocycles. The summed E-state index contributed by atoms with van der Waals surface area (Å²) >= 11 is 3.41. The number of rotatable bonds is 6. The fourth-order valence-electron chi connectivity index (χ4n) is 2.61. The number of nitrogens with zero attached hydrogens (tertiary/aromatic N) is 2. The van der Waals surface area contributed by atoms with Crippen molar-refractivity contribution in [3.8, 4) is 11.1 Å². The lowest BCUT2D eigenvalue weighted by Crippen LogP contribution is -2.22. The van der Waals surface area contributed by atoms with Gasteiger partial charge in [0.15, 0.2) is 0 Å². The number of aromatic nitrogens is 2. The molecule has 0 fully saturated rings. The number of benzene rings is 1. The second kappa shape index (κ2) is 7.73. The summed E-state index contributed by atoms with van der Waals surface area (Å²) < 4.78 is 6.12. The summed E-state index contributed by atoms with van der Waals surface area (Å²) in [7, 11) is 0. The minimum absolute atomic E-state index is 0.233. The van der Waals surface area contributed by atoms with Crippen LogP contribution in [0.5, 0.6) is 0 Å². The molecule has 0 bridgehead atoms. The van der Waals surface area contributed by atoms with Gasteiger partial charge in [-0.3, -0.25) is 4.98 Å². The Labute approximate surface area is 150 Å². The zero-order valence-corrected chi connectivity index (χ0v) is 15.4. The van der Waals surface area contributed by atoms with Gasteiger partial charge < -0.3 is 9.84 Å². The number of nitrogens with one attached hydrogen (secondary N) is 1. The van der Waals surface area contributed by atoms with Gasteiger partial charge in [-0.05, 0) is 66.0 Å². The van der Waals surface area contributed by atoms with Crippen molar-refractivity contribution in [3.63, 3.8) is 0 Å². The largest absolute Gasteiger partial charge is 0.361 e. The molecule has 4 nitrogen and oxygen atoms in total. The summed E-state index contributed by atoms with van der Waals surface area (Å²) in [6, 6.07) is 12.8. The molecule has 0 aliphatic rings. The van der Waals surface area contributed by atoms with Crippen LogP contribution < -0.4 is 5.32 Å². The number of aryl methyl sites for hydroxylation is 1. The van der Waals surface area contributed by atoms with Crippen molar-refractivity contribution in [1.29, 1.82) is 0 Å². The monoisotopic (exact) mass is 385 g/mol. The van der Waals surface area contributed by atoms with Crippen molar-refractivity contribution in [2.24, 2.45) is 0 Å². The summed E-state index contributed by atoms with van der Waals surface area (Å²) in [5.41, 5.74) is 4.54. The minimum Gasteiger partial charge on any atom is -0.361 e. The van der Waals surface area contributed by atoms with Gasteiger partial charge in [0.25, 0.3) is 0 Å². The predicted molar refractivity (Wildman–Crippen MR) is 98.7 cm³/mol. The van der Waals surface area contributed by atoms with E-state index in [1.807, 2.05) is 25.3 Å². The Morgan fingerprint density at radius 3 is 2.54 bits per heavy atom. The Balaban J connectivity index is 1.53. The molecule has 124 valence electrons. The molecule has 2 heterocycles. The van der Waals surface area contributed by atoms with E-state index in [1.54, 1.807) is 6.20 Å². The standard InChI is InChI=1S/C19H20BrN3O/c1-13(19-8-7-17(20)11-22-19)21-10-9-15-3-5-16(6-4-15)18-12-23-24-14(18)2/h3-8,11-13,21H,9-10H2,1-2H3/t13-/m1/s1. The highest BCUT2D eigenvalue weighted by Gasteiger charge is 2.07. The van der Waals surface area contributed by atoms with Crippen LogP contribution in [0.1, 0.15) is 30.0 Å². The summed E-state index contributed by atoms with van der Waals surface area (Å²) in [4.78, 5) is 4.43. The normalized spacial score (nSPS) is 12.3. The highest BCUT2D eigenvalue weighted by Crippen LogP contribution is 2.23. The molecule has 0 saturated heterocycles. The third-order valence-electron chi connectivity index (χ3n) is 4.07. The zero-order chi connectivity index (χ0) is 16.9. The van der Waals surface area contributed by atoms with Gasteiger partial charge in [0.2, 0.25) is 0 Å². The molecule has 0 aliphatic heterocycles. The van der Waals surface area contributed by atoms with Crippen molar-refractivity contribution in [2.75, 3.05) is 6.54 Å². The molecule has 1 aromatic carbocycles. The molecular weight excluding hydrogens is 366 g/mol. The summed E-state index contributed by atoms with van der Waals surface area (Å²) in [5, 5.41) is 7.35. The number of pyridine rings is 1. The third-order valence-corrected chi connectivity index (χ3v) is 4.54. The van der Waals surface area contributed by atoms with E-state index in [0.717, 1.165) is 40.0 Å². The molecule has 3 rings (SSSR count). The number of hydrogen-bond acceptors (Lipinski definition) is 4. The second-order valence-electron chi connectivity index (χ2n) is 5.82. The van der Waals surface area contributed by atoms with E-state index in [1.165, 1.54) is 5.56 Å². The maximum absolute atomic E-state index is 5.12. The first kappa shape index (κ1) is 16.9. The smallest absolute Gasteiger partial charge is 0.141 e. The Hall–Kier alpha value is -1.98. The third kappa shape index (κ3) is 4.10. The molecular formula is C19H20BrN3O. The lowest BCUT2D eigenvalue weighted by molar-refractivity contribution is 0.398. The maximum Gasteiger partial charge on any atom is 0.141 e. The lowest BCUT2D eigenvalue weighted by atomic mass is 10.0. The van der Waals surface area contributed by atoms with Crippen LogP contribution in [-0.4, -0.2) is 16.7 Å². The van der Waals surface area contributed by atoms with Crippen molar-refractivity contribution in [2.45, 2.75) is 26.3 Å². The van der Waals surface area contributed by atoms with E-state index in [4.69, 9.17) is 4.52 Å². The molecule has 0 aliphatic carbocycles. The first-order valence-corrected chi connectivity index (χ1v) is 8.78. The molecule has 1 atom stereocenters. The van der Waals surface area contributed by atoms with Crippen LogP contribution in [0.3, 0.4) is 0 Å². The van der Waals surface area contributed by atoms with Crippen LogP contribution in [0.4, 0.5) is 0 Å². The van der Waals surface area contributed by atoms with Gasteiger partial charge in [-0.15, -0.1) is 0 Å². The fraction of sp³-hybridized carbons (Fsp3) is 0.263. The fourth-order valence-corrected chi connectivity index (χ4v) is 2.84.